The lowest BCUT2D eigenvalue weighted by atomic mass is 10.1. The molecule has 0 saturated heterocycles. The first kappa shape index (κ1) is 27.6. The van der Waals surface area contributed by atoms with Crippen LogP contribution < -0.4 is 13.8 Å². The van der Waals surface area contributed by atoms with Crippen molar-refractivity contribution in [3.8, 4) is 11.5 Å². The molecule has 1 unspecified atom stereocenters. The molecule has 39 heavy (non-hydrogen) atoms. The molecule has 0 saturated carbocycles. The number of hydrogen-bond donors (Lipinski definition) is 1. The van der Waals surface area contributed by atoms with Crippen molar-refractivity contribution in [2.45, 2.75) is 30.8 Å². The number of methoxy groups -OCH3 is 1. The number of fused-ring (bicyclic) bond motifs is 2. The van der Waals surface area contributed by atoms with E-state index in [4.69, 9.17) is 35.1 Å². The molecule has 1 aromatic carbocycles. The van der Waals surface area contributed by atoms with Crippen LogP contribution in [-0.2, 0) is 25.9 Å². The number of anilines is 1. The molecule has 1 atom stereocenters. The van der Waals surface area contributed by atoms with Crippen molar-refractivity contribution in [3.63, 3.8) is 0 Å². The Bertz CT molecular complexity index is 1570. The first-order valence-electron chi connectivity index (χ1n) is 12.0. The SMILES string of the molecule is COCCOCN(c1onc(C)c1Cl)S(=O)(=O)c1c(C(O)CCc2ccc3c(c2)OCO3)sc2ncccc12. The van der Waals surface area contributed by atoms with Crippen LogP contribution in [0, 0.1) is 6.92 Å². The van der Waals surface area contributed by atoms with Gasteiger partial charge in [0.2, 0.25) is 6.79 Å². The molecule has 4 aromatic rings. The third-order valence-electron chi connectivity index (χ3n) is 6.08. The summed E-state index contributed by atoms with van der Waals surface area (Å²) in [6.45, 7) is 1.74. The van der Waals surface area contributed by atoms with Crippen molar-refractivity contribution in [1.82, 2.24) is 10.1 Å². The van der Waals surface area contributed by atoms with Gasteiger partial charge in [-0.25, -0.2) is 17.7 Å². The van der Waals surface area contributed by atoms with Gasteiger partial charge in [-0.05, 0) is 49.6 Å². The van der Waals surface area contributed by atoms with Gasteiger partial charge in [-0.2, -0.15) is 0 Å². The molecule has 3 aromatic heterocycles. The van der Waals surface area contributed by atoms with Crippen molar-refractivity contribution in [1.29, 1.82) is 0 Å². The summed E-state index contributed by atoms with van der Waals surface area (Å²) in [5.74, 6) is 1.12. The Balaban J connectivity index is 1.50. The Labute approximate surface area is 233 Å². The summed E-state index contributed by atoms with van der Waals surface area (Å²) in [6, 6.07) is 8.84. The van der Waals surface area contributed by atoms with E-state index in [-0.39, 0.29) is 47.1 Å². The minimum absolute atomic E-state index is 0.0384. The molecule has 0 radical (unpaired) electrons. The van der Waals surface area contributed by atoms with E-state index in [1.165, 1.54) is 7.11 Å². The highest BCUT2D eigenvalue weighted by atomic mass is 35.5. The Hall–Kier alpha value is -2.94. The van der Waals surface area contributed by atoms with E-state index in [9.17, 15) is 13.5 Å². The minimum atomic E-state index is -4.38. The number of hydrogen-bond acceptors (Lipinski definition) is 11. The average molecular weight is 596 g/mol. The van der Waals surface area contributed by atoms with E-state index in [0.29, 0.717) is 33.8 Å². The lowest BCUT2D eigenvalue weighted by Crippen LogP contribution is -2.34. The lowest BCUT2D eigenvalue weighted by Gasteiger charge is -2.23. The third-order valence-corrected chi connectivity index (χ3v) is 9.67. The van der Waals surface area contributed by atoms with E-state index >= 15 is 0 Å². The van der Waals surface area contributed by atoms with Crippen molar-refractivity contribution in [2.75, 3.05) is 38.2 Å². The first-order chi connectivity index (χ1) is 18.8. The number of aromatic nitrogens is 2. The van der Waals surface area contributed by atoms with E-state index in [2.05, 4.69) is 10.1 Å². The highest BCUT2D eigenvalue weighted by Gasteiger charge is 2.37. The second kappa shape index (κ2) is 11.7. The van der Waals surface area contributed by atoms with Crippen LogP contribution >= 0.6 is 22.9 Å². The van der Waals surface area contributed by atoms with Crippen molar-refractivity contribution >= 4 is 49.1 Å². The fraction of sp³-hybridized carbons (Fsp3) is 0.360. The van der Waals surface area contributed by atoms with Gasteiger partial charge in [-0.15, -0.1) is 11.3 Å². The molecule has 4 heterocycles. The van der Waals surface area contributed by atoms with Crippen LogP contribution in [0.5, 0.6) is 11.5 Å². The standard InChI is InChI=1S/C25H26ClN3O8S2/c1-15-21(26)25(37-28-15)29(13-34-11-10-33-2)39(31,32)23-17-4-3-9-27-24(17)38-22(23)18(30)7-5-16-6-8-19-20(12-16)36-14-35-19/h3-4,6,8-9,12,18,30H,5,7,10-11,13-14H2,1-2H3. The highest BCUT2D eigenvalue weighted by Crippen LogP contribution is 2.42. The van der Waals surface area contributed by atoms with E-state index in [1.54, 1.807) is 25.3 Å². The summed E-state index contributed by atoms with van der Waals surface area (Å²) in [5.41, 5.74) is 1.24. The fourth-order valence-electron chi connectivity index (χ4n) is 4.08. The zero-order valence-corrected chi connectivity index (χ0v) is 23.5. The van der Waals surface area contributed by atoms with Crippen LogP contribution in [0.3, 0.4) is 0 Å². The monoisotopic (exact) mass is 595 g/mol. The number of halogens is 1. The molecule has 11 nitrogen and oxygen atoms in total. The molecule has 1 aliphatic heterocycles. The lowest BCUT2D eigenvalue weighted by molar-refractivity contribution is 0.0744. The quantitative estimate of drug-likeness (QED) is 0.185. The number of sulfonamides is 1. The largest absolute Gasteiger partial charge is 0.454 e. The van der Waals surface area contributed by atoms with Gasteiger partial charge in [-0.1, -0.05) is 22.8 Å². The molecule has 0 bridgehead atoms. The van der Waals surface area contributed by atoms with Crippen LogP contribution in [0.25, 0.3) is 10.2 Å². The van der Waals surface area contributed by atoms with Crippen molar-refractivity contribution in [2.24, 2.45) is 0 Å². The Morgan fingerprint density at radius 3 is 2.82 bits per heavy atom. The Kier molecular flexibility index (Phi) is 8.26. The van der Waals surface area contributed by atoms with Gasteiger partial charge >= 0.3 is 0 Å². The van der Waals surface area contributed by atoms with Crippen molar-refractivity contribution < 1.29 is 37.0 Å². The van der Waals surface area contributed by atoms with Crippen LogP contribution in [0.15, 0.2) is 45.9 Å². The van der Waals surface area contributed by atoms with Gasteiger partial charge < -0.3 is 28.6 Å². The van der Waals surface area contributed by atoms with E-state index < -0.39 is 22.9 Å². The number of aliphatic hydroxyl groups excluding tert-OH is 1. The van der Waals surface area contributed by atoms with E-state index in [0.717, 1.165) is 21.2 Å². The number of benzene rings is 1. The van der Waals surface area contributed by atoms with Crippen LogP contribution in [0.1, 0.15) is 28.7 Å². The Morgan fingerprint density at radius 2 is 2.05 bits per heavy atom. The molecule has 0 aliphatic carbocycles. The van der Waals surface area contributed by atoms with Crippen LogP contribution in [-0.4, -0.2) is 57.5 Å². The van der Waals surface area contributed by atoms with Gasteiger partial charge in [0, 0.05) is 18.7 Å². The minimum Gasteiger partial charge on any atom is -0.454 e. The zero-order chi connectivity index (χ0) is 27.6. The van der Waals surface area contributed by atoms with Gasteiger partial charge in [0.05, 0.1) is 24.2 Å². The number of thiophene rings is 1. The summed E-state index contributed by atoms with van der Waals surface area (Å²) >= 11 is 7.48. The summed E-state index contributed by atoms with van der Waals surface area (Å²) in [4.78, 5) is 4.97. The molecule has 0 amide bonds. The average Bonchev–Trinajstić information content (AvgIpc) is 3.64. The molecule has 1 aliphatic rings. The molecule has 14 heteroatoms. The molecular formula is C25H26ClN3O8S2. The summed E-state index contributed by atoms with van der Waals surface area (Å²) in [5, 5.41) is 15.5. The number of aliphatic hydroxyl groups is 1. The number of ether oxygens (including phenoxy) is 4. The number of pyridine rings is 1. The molecule has 208 valence electrons. The summed E-state index contributed by atoms with van der Waals surface area (Å²) in [7, 11) is -2.87. The second-order valence-electron chi connectivity index (χ2n) is 8.66. The fourth-order valence-corrected chi connectivity index (χ4v) is 7.48. The Morgan fingerprint density at radius 1 is 1.23 bits per heavy atom. The maximum absolute atomic E-state index is 14.3. The van der Waals surface area contributed by atoms with Crippen LogP contribution in [0.4, 0.5) is 5.88 Å². The number of rotatable bonds is 12. The zero-order valence-electron chi connectivity index (χ0n) is 21.1. The van der Waals surface area contributed by atoms with E-state index in [1.807, 2.05) is 18.2 Å². The highest BCUT2D eigenvalue weighted by molar-refractivity contribution is 7.93. The van der Waals surface area contributed by atoms with Crippen molar-refractivity contribution in [3.05, 3.63) is 57.7 Å². The number of aryl methyl sites for hydroxylation is 2. The second-order valence-corrected chi connectivity index (χ2v) is 11.9. The van der Waals surface area contributed by atoms with Gasteiger partial charge in [0.15, 0.2) is 11.5 Å². The van der Waals surface area contributed by atoms with Crippen LogP contribution in [0.2, 0.25) is 5.02 Å². The predicted molar refractivity (Wildman–Crippen MR) is 144 cm³/mol. The van der Waals surface area contributed by atoms with Gasteiger partial charge in [0.1, 0.15) is 27.2 Å². The molecule has 1 N–H and O–H groups in total. The molecule has 0 fully saturated rings. The third kappa shape index (κ3) is 5.55. The maximum Gasteiger partial charge on any atom is 0.270 e. The molecule has 0 spiro atoms. The topological polar surface area (TPSA) is 133 Å². The normalized spacial score (nSPS) is 13.7. The molecular weight excluding hydrogens is 570 g/mol. The number of nitrogens with zero attached hydrogens (tertiary/aromatic N) is 3. The maximum atomic E-state index is 14.3. The smallest absolute Gasteiger partial charge is 0.270 e. The summed E-state index contributed by atoms with van der Waals surface area (Å²) < 4.78 is 56.1. The summed E-state index contributed by atoms with van der Waals surface area (Å²) in [6.07, 6.45) is 1.18. The van der Waals surface area contributed by atoms with Gasteiger partial charge in [-0.3, -0.25) is 0 Å². The van der Waals surface area contributed by atoms with Gasteiger partial charge in [0.25, 0.3) is 15.9 Å². The predicted octanol–water partition coefficient (Wildman–Crippen LogP) is 4.46. The first-order valence-corrected chi connectivity index (χ1v) is 14.6. The molecule has 5 rings (SSSR count).